The molecule has 2 amide bonds. The van der Waals surface area contributed by atoms with Crippen molar-refractivity contribution in [1.29, 1.82) is 0 Å². The van der Waals surface area contributed by atoms with Crippen molar-refractivity contribution in [3.05, 3.63) is 60.2 Å². The molecule has 0 unspecified atom stereocenters. The molecule has 1 aliphatic heterocycles. The number of piperazine rings is 1. The van der Waals surface area contributed by atoms with E-state index < -0.39 is 6.61 Å². The molecule has 1 aliphatic rings. The quantitative estimate of drug-likeness (QED) is 0.419. The van der Waals surface area contributed by atoms with Gasteiger partial charge < -0.3 is 25.2 Å². The van der Waals surface area contributed by atoms with Crippen LogP contribution >= 0.6 is 0 Å². The number of aliphatic hydroxyl groups is 1. The number of carbonyl (C=O) groups excluding carboxylic acids is 2. The number of aromatic nitrogens is 4. The summed E-state index contributed by atoms with van der Waals surface area (Å²) in [5.41, 5.74) is 4.07. The molecule has 0 saturated carbocycles. The Bertz CT molecular complexity index is 1300. The van der Waals surface area contributed by atoms with Crippen molar-refractivity contribution in [2.75, 3.05) is 43.0 Å². The summed E-state index contributed by atoms with van der Waals surface area (Å²) in [4.78, 5) is 36.1. The molecule has 0 atom stereocenters. The number of hydrogen-bond acceptors (Lipinski definition) is 6. The van der Waals surface area contributed by atoms with Crippen LogP contribution in [0.3, 0.4) is 0 Å². The Kier molecular flexibility index (Phi) is 5.72. The summed E-state index contributed by atoms with van der Waals surface area (Å²) >= 11 is 0. The minimum Gasteiger partial charge on any atom is -0.387 e. The Balaban J connectivity index is 1.24. The molecule has 174 valence electrons. The molecule has 2 aromatic heterocycles. The summed E-state index contributed by atoms with van der Waals surface area (Å²) in [5, 5.41) is 16.3. The summed E-state index contributed by atoms with van der Waals surface area (Å²) in [6, 6.07) is 16.9. The zero-order valence-electron chi connectivity index (χ0n) is 18.7. The van der Waals surface area contributed by atoms with E-state index in [1.54, 1.807) is 34.8 Å². The number of anilines is 2. The molecule has 0 spiro atoms. The number of carbonyl (C=O) groups is 2. The molecule has 0 aliphatic carbocycles. The fourth-order valence-electron chi connectivity index (χ4n) is 4.15. The third kappa shape index (κ3) is 4.23. The van der Waals surface area contributed by atoms with Gasteiger partial charge in [-0.05, 0) is 36.4 Å². The summed E-state index contributed by atoms with van der Waals surface area (Å²) in [5.74, 6) is 0.627. The first kappa shape index (κ1) is 21.7. The first-order valence-corrected chi connectivity index (χ1v) is 11.1. The normalized spacial score (nSPS) is 13.9. The fraction of sp³-hybridized carbons (Fsp3) is 0.250. The number of nitrogens with zero attached hydrogens (tertiary/aromatic N) is 5. The monoisotopic (exact) mass is 459 g/mol. The maximum Gasteiger partial charge on any atom is 0.256 e. The number of para-hydroxylation sites is 2. The number of hydrogen-bond donors (Lipinski definition) is 3. The number of benzene rings is 2. The Morgan fingerprint density at radius 3 is 2.50 bits per heavy atom. The van der Waals surface area contributed by atoms with E-state index in [2.05, 4.69) is 25.3 Å². The summed E-state index contributed by atoms with van der Waals surface area (Å²) < 4.78 is 1.68. The van der Waals surface area contributed by atoms with Crippen molar-refractivity contribution in [2.45, 2.75) is 0 Å². The van der Waals surface area contributed by atoms with Crippen LogP contribution in [0, 0.1) is 0 Å². The summed E-state index contributed by atoms with van der Waals surface area (Å²) in [6.07, 6.45) is 0. The van der Waals surface area contributed by atoms with Gasteiger partial charge >= 0.3 is 0 Å². The maximum atomic E-state index is 12.8. The van der Waals surface area contributed by atoms with Crippen LogP contribution < -0.4 is 10.2 Å². The molecular formula is C24H25N7O3. The van der Waals surface area contributed by atoms with E-state index in [0.717, 1.165) is 22.4 Å². The van der Waals surface area contributed by atoms with Crippen LogP contribution in [0.1, 0.15) is 10.4 Å². The van der Waals surface area contributed by atoms with Gasteiger partial charge in [-0.3, -0.25) is 14.3 Å². The Morgan fingerprint density at radius 2 is 1.79 bits per heavy atom. The number of fused-ring (bicyclic) bond motifs is 1. The van der Waals surface area contributed by atoms with E-state index in [0.29, 0.717) is 43.4 Å². The Morgan fingerprint density at radius 1 is 1.06 bits per heavy atom. The molecule has 10 heteroatoms. The maximum absolute atomic E-state index is 12.8. The first-order valence-electron chi connectivity index (χ1n) is 11.1. The third-order valence-corrected chi connectivity index (χ3v) is 6.02. The van der Waals surface area contributed by atoms with Crippen LogP contribution in [0.5, 0.6) is 0 Å². The molecule has 34 heavy (non-hydrogen) atoms. The van der Waals surface area contributed by atoms with E-state index in [1.807, 2.05) is 36.4 Å². The van der Waals surface area contributed by atoms with Crippen LogP contribution in [-0.4, -0.2) is 74.4 Å². The van der Waals surface area contributed by atoms with Gasteiger partial charge in [0.05, 0.1) is 11.0 Å². The second kappa shape index (κ2) is 8.99. The van der Waals surface area contributed by atoms with Gasteiger partial charge in [0.15, 0.2) is 11.6 Å². The predicted octanol–water partition coefficient (Wildman–Crippen LogP) is 1.86. The number of aromatic amines is 1. The number of aryl methyl sites for hydroxylation is 1. The third-order valence-electron chi connectivity index (χ3n) is 6.02. The Labute approximate surface area is 195 Å². The standard InChI is InChI=1S/C24H25N7O3/c1-29-20(23-25-18-4-2-3-5-19(18)26-23)14-21(28-29)27-24(34)16-6-8-17(9-7-16)30-10-12-31(13-11-30)22(33)15-32/h2-9,14,32H,10-13,15H2,1H3,(H,25,26)(H,27,28,34). The lowest BCUT2D eigenvalue weighted by Gasteiger charge is -2.35. The van der Waals surface area contributed by atoms with Gasteiger partial charge in [-0.15, -0.1) is 0 Å². The van der Waals surface area contributed by atoms with Gasteiger partial charge in [0, 0.05) is 50.5 Å². The van der Waals surface area contributed by atoms with E-state index >= 15 is 0 Å². The Hall–Kier alpha value is -4.18. The average molecular weight is 460 g/mol. The minimum absolute atomic E-state index is 0.246. The molecule has 10 nitrogen and oxygen atoms in total. The zero-order chi connectivity index (χ0) is 23.7. The van der Waals surface area contributed by atoms with Gasteiger partial charge in [0.25, 0.3) is 5.91 Å². The van der Waals surface area contributed by atoms with Crippen molar-refractivity contribution in [2.24, 2.45) is 7.05 Å². The second-order valence-corrected chi connectivity index (χ2v) is 8.17. The van der Waals surface area contributed by atoms with E-state index in [9.17, 15) is 9.59 Å². The van der Waals surface area contributed by atoms with Gasteiger partial charge in [0.1, 0.15) is 12.3 Å². The lowest BCUT2D eigenvalue weighted by Crippen LogP contribution is -2.49. The highest BCUT2D eigenvalue weighted by molar-refractivity contribution is 6.04. The fourth-order valence-corrected chi connectivity index (χ4v) is 4.15. The van der Waals surface area contributed by atoms with E-state index in [1.165, 1.54) is 0 Å². The highest BCUT2D eigenvalue weighted by Crippen LogP contribution is 2.23. The molecule has 0 bridgehead atoms. The predicted molar refractivity (Wildman–Crippen MR) is 129 cm³/mol. The van der Waals surface area contributed by atoms with Crippen molar-refractivity contribution in [1.82, 2.24) is 24.6 Å². The van der Waals surface area contributed by atoms with Crippen LogP contribution in [0.25, 0.3) is 22.6 Å². The number of rotatable bonds is 5. The molecule has 3 heterocycles. The molecule has 1 fully saturated rings. The van der Waals surface area contributed by atoms with Crippen LogP contribution in [0.15, 0.2) is 54.6 Å². The average Bonchev–Trinajstić information content (AvgIpc) is 3.46. The highest BCUT2D eigenvalue weighted by atomic mass is 16.3. The first-order chi connectivity index (χ1) is 16.5. The SMILES string of the molecule is Cn1nc(NC(=O)c2ccc(N3CCN(C(=O)CO)CC3)cc2)cc1-c1nc2ccccc2[nH]1. The number of imidazole rings is 1. The molecular weight excluding hydrogens is 434 g/mol. The molecule has 1 saturated heterocycles. The zero-order valence-corrected chi connectivity index (χ0v) is 18.7. The van der Waals surface area contributed by atoms with Crippen molar-refractivity contribution >= 4 is 34.4 Å². The van der Waals surface area contributed by atoms with Gasteiger partial charge in [0.2, 0.25) is 5.91 Å². The van der Waals surface area contributed by atoms with Crippen LogP contribution in [0.2, 0.25) is 0 Å². The van der Waals surface area contributed by atoms with E-state index in [-0.39, 0.29) is 11.8 Å². The van der Waals surface area contributed by atoms with Gasteiger partial charge in [-0.25, -0.2) is 4.98 Å². The molecule has 2 aromatic carbocycles. The van der Waals surface area contributed by atoms with Crippen molar-refractivity contribution < 1.29 is 14.7 Å². The molecule has 4 aromatic rings. The molecule has 5 rings (SSSR count). The van der Waals surface area contributed by atoms with Crippen molar-refractivity contribution in [3.63, 3.8) is 0 Å². The van der Waals surface area contributed by atoms with Crippen LogP contribution in [0.4, 0.5) is 11.5 Å². The topological polar surface area (TPSA) is 119 Å². The van der Waals surface area contributed by atoms with Crippen molar-refractivity contribution in [3.8, 4) is 11.5 Å². The summed E-state index contributed by atoms with van der Waals surface area (Å²) in [7, 11) is 1.81. The summed E-state index contributed by atoms with van der Waals surface area (Å²) in [6.45, 7) is 2.02. The molecule has 3 N–H and O–H groups in total. The highest BCUT2D eigenvalue weighted by Gasteiger charge is 2.21. The number of H-pyrrole nitrogens is 1. The largest absolute Gasteiger partial charge is 0.387 e. The van der Waals surface area contributed by atoms with Gasteiger partial charge in [-0.1, -0.05) is 12.1 Å². The van der Waals surface area contributed by atoms with Crippen LogP contribution in [-0.2, 0) is 11.8 Å². The molecule has 0 radical (unpaired) electrons. The van der Waals surface area contributed by atoms with E-state index in [4.69, 9.17) is 5.11 Å². The number of nitrogens with one attached hydrogen (secondary N) is 2. The minimum atomic E-state index is -0.458. The lowest BCUT2D eigenvalue weighted by molar-refractivity contribution is -0.134. The number of aliphatic hydroxyl groups excluding tert-OH is 1. The number of amides is 2. The lowest BCUT2D eigenvalue weighted by atomic mass is 10.1. The smallest absolute Gasteiger partial charge is 0.256 e. The second-order valence-electron chi connectivity index (χ2n) is 8.17. The van der Waals surface area contributed by atoms with Gasteiger partial charge in [-0.2, -0.15) is 5.10 Å².